The van der Waals surface area contributed by atoms with E-state index in [2.05, 4.69) is 56.5 Å². The van der Waals surface area contributed by atoms with E-state index in [9.17, 15) is 4.79 Å². The first kappa shape index (κ1) is 21.4. The van der Waals surface area contributed by atoms with Gasteiger partial charge in [0.05, 0.1) is 5.56 Å². The Morgan fingerprint density at radius 3 is 2.55 bits per heavy atom. The van der Waals surface area contributed by atoms with Gasteiger partial charge < -0.3 is 16.4 Å². The van der Waals surface area contributed by atoms with E-state index in [-0.39, 0.29) is 23.5 Å². The Hall–Kier alpha value is -2.86. The van der Waals surface area contributed by atoms with E-state index < -0.39 is 0 Å². The Labute approximate surface area is 184 Å². The summed E-state index contributed by atoms with van der Waals surface area (Å²) in [5, 5.41) is 6.80. The van der Waals surface area contributed by atoms with Crippen LogP contribution in [0.25, 0.3) is 16.9 Å². The molecule has 0 radical (unpaired) electrons. The quantitative estimate of drug-likeness (QED) is 0.580. The van der Waals surface area contributed by atoms with Crippen molar-refractivity contribution in [2.24, 2.45) is 5.73 Å². The van der Waals surface area contributed by atoms with Crippen LogP contribution in [0.15, 0.2) is 42.6 Å². The monoisotopic (exact) mass is 419 g/mol. The van der Waals surface area contributed by atoms with Crippen molar-refractivity contribution in [3.05, 3.63) is 53.7 Å². The maximum atomic E-state index is 13.2. The largest absolute Gasteiger partial charge is 0.365 e. The molecular formula is C25H33N5O. The molecule has 0 aliphatic heterocycles. The van der Waals surface area contributed by atoms with Crippen LogP contribution in [0.4, 0.5) is 5.82 Å². The van der Waals surface area contributed by atoms with Crippen LogP contribution in [-0.4, -0.2) is 32.9 Å². The molecule has 6 heteroatoms. The van der Waals surface area contributed by atoms with Gasteiger partial charge in [0.2, 0.25) is 0 Å². The minimum absolute atomic E-state index is 0.0748. The number of anilines is 1. The average molecular weight is 420 g/mol. The smallest absolute Gasteiger partial charge is 0.255 e. The summed E-state index contributed by atoms with van der Waals surface area (Å²) in [6, 6.07) is 12.5. The number of rotatable bonds is 4. The molecule has 164 valence electrons. The van der Waals surface area contributed by atoms with E-state index in [0.717, 1.165) is 42.8 Å². The SMILES string of the molecule is Cc1cccc(-c2nc3c(C(=O)NC4CCC(N)CC4)cccn3c2NC(C)(C)C)c1. The summed E-state index contributed by atoms with van der Waals surface area (Å²) in [6.07, 6.45) is 5.73. The van der Waals surface area contributed by atoms with Crippen molar-refractivity contribution in [3.8, 4) is 11.3 Å². The number of aromatic nitrogens is 2. The molecule has 6 nitrogen and oxygen atoms in total. The lowest BCUT2D eigenvalue weighted by Crippen LogP contribution is -2.40. The van der Waals surface area contributed by atoms with Crippen LogP contribution in [0.3, 0.4) is 0 Å². The number of nitrogens with one attached hydrogen (secondary N) is 2. The zero-order chi connectivity index (χ0) is 22.2. The Kier molecular flexibility index (Phi) is 5.75. The van der Waals surface area contributed by atoms with Crippen LogP contribution in [0.2, 0.25) is 0 Å². The van der Waals surface area contributed by atoms with Crippen molar-refractivity contribution >= 4 is 17.4 Å². The second-order valence-corrected chi connectivity index (χ2v) is 9.75. The van der Waals surface area contributed by atoms with Gasteiger partial charge in [-0.1, -0.05) is 23.8 Å². The first-order chi connectivity index (χ1) is 14.7. The highest BCUT2D eigenvalue weighted by atomic mass is 16.1. The van der Waals surface area contributed by atoms with Gasteiger partial charge in [-0.25, -0.2) is 4.98 Å². The second kappa shape index (κ2) is 8.35. The van der Waals surface area contributed by atoms with Crippen molar-refractivity contribution in [1.29, 1.82) is 0 Å². The second-order valence-electron chi connectivity index (χ2n) is 9.75. The lowest BCUT2D eigenvalue weighted by Gasteiger charge is -2.26. The minimum Gasteiger partial charge on any atom is -0.365 e. The Morgan fingerprint density at radius 2 is 1.87 bits per heavy atom. The van der Waals surface area contributed by atoms with E-state index in [1.54, 1.807) is 0 Å². The fraction of sp³-hybridized carbons (Fsp3) is 0.440. The highest BCUT2D eigenvalue weighted by Crippen LogP contribution is 2.32. The van der Waals surface area contributed by atoms with Crippen molar-refractivity contribution in [2.45, 2.75) is 71.0 Å². The molecule has 1 amide bonds. The van der Waals surface area contributed by atoms with Crippen LogP contribution in [0, 0.1) is 6.92 Å². The summed E-state index contributed by atoms with van der Waals surface area (Å²) < 4.78 is 1.99. The van der Waals surface area contributed by atoms with Crippen LogP contribution in [-0.2, 0) is 0 Å². The summed E-state index contributed by atoms with van der Waals surface area (Å²) in [5.41, 5.74) is 10.2. The standard InChI is InChI=1S/C25H33N5O/c1-16-7-5-8-17(15-16)21-23(29-25(2,3)4)30-14-6-9-20(22(30)28-21)24(31)27-19-12-10-18(26)11-13-19/h5-9,14-15,18-19,29H,10-13,26H2,1-4H3,(H,27,31). The molecule has 0 atom stereocenters. The minimum atomic E-state index is -0.159. The summed E-state index contributed by atoms with van der Waals surface area (Å²) in [7, 11) is 0. The lowest BCUT2D eigenvalue weighted by atomic mass is 9.91. The first-order valence-electron chi connectivity index (χ1n) is 11.1. The third-order valence-corrected chi connectivity index (χ3v) is 5.79. The summed E-state index contributed by atoms with van der Waals surface area (Å²) >= 11 is 0. The molecule has 0 unspecified atom stereocenters. The average Bonchev–Trinajstić information content (AvgIpc) is 3.06. The highest BCUT2D eigenvalue weighted by molar-refractivity contribution is 6.01. The molecule has 1 aliphatic carbocycles. The fourth-order valence-electron chi connectivity index (χ4n) is 4.24. The molecule has 0 saturated heterocycles. The van der Waals surface area contributed by atoms with Crippen molar-refractivity contribution in [3.63, 3.8) is 0 Å². The number of carbonyl (C=O) groups is 1. The van der Waals surface area contributed by atoms with Crippen molar-refractivity contribution in [1.82, 2.24) is 14.7 Å². The van der Waals surface area contributed by atoms with Crippen molar-refractivity contribution < 1.29 is 4.79 Å². The Bertz CT molecular complexity index is 1090. The number of imidazole rings is 1. The van der Waals surface area contributed by atoms with E-state index in [1.165, 1.54) is 5.56 Å². The molecule has 4 N–H and O–H groups in total. The Morgan fingerprint density at radius 1 is 1.13 bits per heavy atom. The number of nitrogens with two attached hydrogens (primary N) is 1. The van der Waals surface area contributed by atoms with Crippen LogP contribution >= 0.6 is 0 Å². The van der Waals surface area contributed by atoms with Crippen LogP contribution in [0.1, 0.15) is 62.4 Å². The van der Waals surface area contributed by atoms with Crippen molar-refractivity contribution in [2.75, 3.05) is 5.32 Å². The molecule has 1 saturated carbocycles. The number of hydrogen-bond donors (Lipinski definition) is 3. The zero-order valence-corrected chi connectivity index (χ0v) is 18.9. The molecule has 2 aromatic heterocycles. The predicted molar refractivity (Wildman–Crippen MR) is 126 cm³/mol. The van der Waals surface area contributed by atoms with E-state index in [0.29, 0.717) is 11.2 Å². The van der Waals surface area contributed by atoms with Gasteiger partial charge in [-0.15, -0.1) is 0 Å². The topological polar surface area (TPSA) is 84.5 Å². The molecule has 31 heavy (non-hydrogen) atoms. The summed E-state index contributed by atoms with van der Waals surface area (Å²) in [5.74, 6) is 0.820. The summed E-state index contributed by atoms with van der Waals surface area (Å²) in [6.45, 7) is 8.44. The third kappa shape index (κ3) is 4.74. The van der Waals surface area contributed by atoms with Gasteiger partial charge in [0, 0.05) is 29.4 Å². The van der Waals surface area contributed by atoms with E-state index >= 15 is 0 Å². The lowest BCUT2D eigenvalue weighted by molar-refractivity contribution is 0.0927. The predicted octanol–water partition coefficient (Wildman–Crippen LogP) is 4.52. The number of nitrogens with zero attached hydrogens (tertiary/aromatic N) is 2. The van der Waals surface area contributed by atoms with Gasteiger partial charge in [0.1, 0.15) is 11.5 Å². The van der Waals surface area contributed by atoms with E-state index in [4.69, 9.17) is 10.7 Å². The molecule has 2 heterocycles. The van der Waals surface area contributed by atoms with Gasteiger partial charge in [-0.05, 0) is 71.6 Å². The number of carbonyl (C=O) groups excluding carboxylic acids is 1. The maximum absolute atomic E-state index is 13.2. The number of pyridine rings is 1. The third-order valence-electron chi connectivity index (χ3n) is 5.79. The van der Waals surface area contributed by atoms with Crippen LogP contribution in [0.5, 0.6) is 0 Å². The Balaban J connectivity index is 1.76. The van der Waals surface area contributed by atoms with Gasteiger partial charge in [-0.2, -0.15) is 0 Å². The molecule has 1 aliphatic rings. The molecule has 0 bridgehead atoms. The highest BCUT2D eigenvalue weighted by Gasteiger charge is 2.25. The normalized spacial score (nSPS) is 19.4. The molecule has 0 spiro atoms. The molecule has 4 rings (SSSR count). The maximum Gasteiger partial charge on any atom is 0.255 e. The van der Waals surface area contributed by atoms with Gasteiger partial charge >= 0.3 is 0 Å². The summed E-state index contributed by atoms with van der Waals surface area (Å²) in [4.78, 5) is 18.1. The zero-order valence-electron chi connectivity index (χ0n) is 18.9. The molecule has 1 aromatic carbocycles. The van der Waals surface area contributed by atoms with Gasteiger partial charge in [0.25, 0.3) is 5.91 Å². The van der Waals surface area contributed by atoms with Gasteiger partial charge in [0.15, 0.2) is 5.65 Å². The van der Waals surface area contributed by atoms with E-state index in [1.807, 2.05) is 28.8 Å². The first-order valence-corrected chi connectivity index (χ1v) is 11.1. The number of benzene rings is 1. The number of hydrogen-bond acceptors (Lipinski definition) is 4. The van der Waals surface area contributed by atoms with Crippen LogP contribution < -0.4 is 16.4 Å². The molecule has 3 aromatic rings. The molecular weight excluding hydrogens is 386 g/mol. The fourth-order valence-corrected chi connectivity index (χ4v) is 4.24. The van der Waals surface area contributed by atoms with Gasteiger partial charge in [-0.3, -0.25) is 9.20 Å². The number of amides is 1. The molecule has 1 fully saturated rings. The number of aryl methyl sites for hydroxylation is 1. The number of fused-ring (bicyclic) bond motifs is 1.